The summed E-state index contributed by atoms with van der Waals surface area (Å²) in [5.74, 6) is 0.567. The van der Waals surface area contributed by atoms with Gasteiger partial charge in [-0.1, -0.05) is 46.9 Å². The lowest BCUT2D eigenvalue weighted by Crippen LogP contribution is -2.13. The molecule has 0 bridgehead atoms. The number of hydrogen-bond donors (Lipinski definition) is 1. The maximum absolute atomic E-state index is 6.22. The third-order valence-electron chi connectivity index (χ3n) is 2.85. The fourth-order valence-electron chi connectivity index (χ4n) is 1.84. The molecule has 5 heteroatoms. The monoisotopic (exact) mass is 315 g/mol. The van der Waals surface area contributed by atoms with Crippen LogP contribution in [0.15, 0.2) is 36.4 Å². The Balaban J connectivity index is 2.47. The van der Waals surface area contributed by atoms with Gasteiger partial charge < -0.3 is 10.5 Å². The van der Waals surface area contributed by atoms with Crippen LogP contribution < -0.4 is 10.5 Å². The fourth-order valence-corrected chi connectivity index (χ4v) is 2.67. The number of nitrogens with two attached hydrogens (primary N) is 1. The molecule has 1 atom stereocenters. The van der Waals surface area contributed by atoms with E-state index in [9.17, 15) is 0 Å². The van der Waals surface area contributed by atoms with Gasteiger partial charge in [0.15, 0.2) is 0 Å². The molecule has 2 N–H and O–H groups in total. The minimum absolute atomic E-state index is 0.438. The summed E-state index contributed by atoms with van der Waals surface area (Å²) in [5.41, 5.74) is 7.74. The van der Waals surface area contributed by atoms with Gasteiger partial charge in [-0.3, -0.25) is 0 Å². The molecular weight excluding hydrogens is 305 g/mol. The van der Waals surface area contributed by atoms with Crippen molar-refractivity contribution in [2.45, 2.75) is 6.04 Å². The lowest BCUT2D eigenvalue weighted by molar-refractivity contribution is 0.414. The van der Waals surface area contributed by atoms with E-state index in [2.05, 4.69) is 0 Å². The zero-order valence-electron chi connectivity index (χ0n) is 10.2. The lowest BCUT2D eigenvalue weighted by Gasteiger charge is -2.17. The second-order valence-electron chi connectivity index (χ2n) is 4.01. The number of ether oxygens (including phenoxy) is 1. The number of hydrogen-bond acceptors (Lipinski definition) is 2. The minimum atomic E-state index is -0.438. The Kier molecular flexibility index (Phi) is 4.58. The molecule has 1 unspecified atom stereocenters. The van der Waals surface area contributed by atoms with E-state index in [4.69, 9.17) is 45.3 Å². The predicted molar refractivity (Wildman–Crippen MR) is 80.5 cm³/mol. The Hall–Kier alpha value is -0.930. The molecule has 2 aromatic carbocycles. The smallest absolute Gasteiger partial charge is 0.137 e. The SMILES string of the molecule is COc1cc(C(N)c2c(Cl)cccc2Cl)ccc1Cl. The van der Waals surface area contributed by atoms with Gasteiger partial charge >= 0.3 is 0 Å². The van der Waals surface area contributed by atoms with E-state index in [1.807, 2.05) is 6.07 Å². The largest absolute Gasteiger partial charge is 0.495 e. The molecule has 0 fully saturated rings. The molecular formula is C14H12Cl3NO. The van der Waals surface area contributed by atoms with Crippen LogP contribution >= 0.6 is 34.8 Å². The Morgan fingerprint density at radius 2 is 1.63 bits per heavy atom. The molecule has 0 radical (unpaired) electrons. The van der Waals surface area contributed by atoms with Crippen LogP contribution in [0.1, 0.15) is 17.2 Å². The van der Waals surface area contributed by atoms with Crippen LogP contribution in [-0.4, -0.2) is 7.11 Å². The molecule has 0 aliphatic heterocycles. The average molecular weight is 317 g/mol. The third kappa shape index (κ3) is 2.98. The van der Waals surface area contributed by atoms with Crippen molar-refractivity contribution in [1.82, 2.24) is 0 Å². The summed E-state index contributed by atoms with van der Waals surface area (Å²) in [6.45, 7) is 0. The van der Waals surface area contributed by atoms with Gasteiger partial charge in [-0.2, -0.15) is 0 Å². The van der Waals surface area contributed by atoms with Crippen molar-refractivity contribution in [2.24, 2.45) is 5.73 Å². The highest BCUT2D eigenvalue weighted by Crippen LogP contribution is 2.35. The van der Waals surface area contributed by atoms with Crippen LogP contribution in [0.5, 0.6) is 5.75 Å². The summed E-state index contributed by atoms with van der Waals surface area (Å²) in [4.78, 5) is 0. The van der Waals surface area contributed by atoms with Crippen LogP contribution in [0, 0.1) is 0 Å². The minimum Gasteiger partial charge on any atom is -0.495 e. The van der Waals surface area contributed by atoms with Gasteiger partial charge in [0.05, 0.1) is 18.2 Å². The quantitative estimate of drug-likeness (QED) is 0.890. The lowest BCUT2D eigenvalue weighted by atomic mass is 9.99. The van der Waals surface area contributed by atoms with Crippen molar-refractivity contribution < 1.29 is 4.74 Å². The Labute approximate surface area is 127 Å². The highest BCUT2D eigenvalue weighted by Gasteiger charge is 2.17. The van der Waals surface area contributed by atoms with Gasteiger partial charge in [-0.15, -0.1) is 0 Å². The van der Waals surface area contributed by atoms with E-state index in [0.29, 0.717) is 26.4 Å². The van der Waals surface area contributed by atoms with Gasteiger partial charge in [0.25, 0.3) is 0 Å². The number of rotatable bonds is 3. The number of benzene rings is 2. The molecule has 19 heavy (non-hydrogen) atoms. The molecule has 0 saturated heterocycles. The maximum atomic E-state index is 6.22. The van der Waals surface area contributed by atoms with E-state index >= 15 is 0 Å². The predicted octanol–water partition coefficient (Wildman–Crippen LogP) is 4.70. The number of halogens is 3. The molecule has 0 heterocycles. The number of methoxy groups -OCH3 is 1. The molecule has 100 valence electrons. The summed E-state index contributed by atoms with van der Waals surface area (Å²) >= 11 is 18.3. The summed E-state index contributed by atoms with van der Waals surface area (Å²) < 4.78 is 5.18. The molecule has 0 aliphatic rings. The van der Waals surface area contributed by atoms with Gasteiger partial charge in [0, 0.05) is 15.6 Å². The molecule has 2 rings (SSSR count). The zero-order chi connectivity index (χ0) is 14.0. The first-order chi connectivity index (χ1) is 9.04. The van der Waals surface area contributed by atoms with E-state index in [0.717, 1.165) is 5.56 Å². The van der Waals surface area contributed by atoms with Crippen LogP contribution in [-0.2, 0) is 0 Å². The zero-order valence-corrected chi connectivity index (χ0v) is 12.4. The molecule has 0 aliphatic carbocycles. The maximum Gasteiger partial charge on any atom is 0.137 e. The second-order valence-corrected chi connectivity index (χ2v) is 5.23. The normalized spacial score (nSPS) is 12.3. The average Bonchev–Trinajstić information content (AvgIpc) is 2.39. The summed E-state index contributed by atoms with van der Waals surface area (Å²) in [6, 6.07) is 10.2. The molecule has 0 spiro atoms. The Morgan fingerprint density at radius 1 is 1.00 bits per heavy atom. The summed E-state index contributed by atoms with van der Waals surface area (Å²) in [7, 11) is 1.55. The topological polar surface area (TPSA) is 35.2 Å². The van der Waals surface area contributed by atoms with E-state index in [1.54, 1.807) is 37.4 Å². The summed E-state index contributed by atoms with van der Waals surface area (Å²) in [5, 5.41) is 1.60. The Morgan fingerprint density at radius 3 is 2.21 bits per heavy atom. The molecule has 2 nitrogen and oxygen atoms in total. The van der Waals surface area contributed by atoms with Crippen molar-refractivity contribution in [2.75, 3.05) is 7.11 Å². The second kappa shape index (κ2) is 6.02. The van der Waals surface area contributed by atoms with Gasteiger partial charge in [0.1, 0.15) is 5.75 Å². The van der Waals surface area contributed by atoms with Crippen LogP contribution in [0.25, 0.3) is 0 Å². The van der Waals surface area contributed by atoms with Crippen molar-refractivity contribution >= 4 is 34.8 Å². The standard InChI is InChI=1S/C14H12Cl3NO/c1-19-12-7-8(5-6-9(12)15)14(18)13-10(16)3-2-4-11(13)17/h2-7,14H,18H2,1H3. The van der Waals surface area contributed by atoms with Gasteiger partial charge in [0.2, 0.25) is 0 Å². The van der Waals surface area contributed by atoms with Gasteiger partial charge in [-0.25, -0.2) is 0 Å². The van der Waals surface area contributed by atoms with Gasteiger partial charge in [-0.05, 0) is 29.8 Å². The first-order valence-electron chi connectivity index (χ1n) is 5.57. The van der Waals surface area contributed by atoms with Crippen molar-refractivity contribution in [3.8, 4) is 5.75 Å². The molecule has 2 aromatic rings. The van der Waals surface area contributed by atoms with E-state index in [1.165, 1.54) is 0 Å². The molecule has 0 saturated carbocycles. The van der Waals surface area contributed by atoms with Crippen LogP contribution in [0.4, 0.5) is 0 Å². The highest BCUT2D eigenvalue weighted by molar-refractivity contribution is 6.36. The molecule has 0 amide bonds. The fraction of sp³-hybridized carbons (Fsp3) is 0.143. The molecule has 0 aromatic heterocycles. The van der Waals surface area contributed by atoms with Crippen LogP contribution in [0.3, 0.4) is 0 Å². The first-order valence-corrected chi connectivity index (χ1v) is 6.71. The summed E-state index contributed by atoms with van der Waals surface area (Å²) in [6.07, 6.45) is 0. The van der Waals surface area contributed by atoms with Crippen LogP contribution in [0.2, 0.25) is 15.1 Å². The first kappa shape index (κ1) is 14.5. The highest BCUT2D eigenvalue weighted by atomic mass is 35.5. The van der Waals surface area contributed by atoms with Crippen molar-refractivity contribution in [3.63, 3.8) is 0 Å². The van der Waals surface area contributed by atoms with E-state index in [-0.39, 0.29) is 0 Å². The third-order valence-corrected chi connectivity index (χ3v) is 3.82. The van der Waals surface area contributed by atoms with Crippen molar-refractivity contribution in [1.29, 1.82) is 0 Å². The van der Waals surface area contributed by atoms with E-state index < -0.39 is 6.04 Å². The van der Waals surface area contributed by atoms with Crippen molar-refractivity contribution in [3.05, 3.63) is 62.6 Å². The Bertz CT molecular complexity index is 581.